The van der Waals surface area contributed by atoms with Crippen molar-refractivity contribution >= 4 is 5.69 Å². The molecule has 112 valence electrons. The summed E-state index contributed by atoms with van der Waals surface area (Å²) in [5.74, 6) is -0.250. The minimum absolute atomic E-state index is 0.383. The van der Waals surface area contributed by atoms with Gasteiger partial charge in [0.05, 0.1) is 4.92 Å². The van der Waals surface area contributed by atoms with Crippen molar-refractivity contribution in [2.45, 2.75) is 46.1 Å². The van der Waals surface area contributed by atoms with Crippen LogP contribution in [0.15, 0.2) is 18.2 Å². The van der Waals surface area contributed by atoms with Gasteiger partial charge in [-0.2, -0.15) is 4.39 Å². The number of aryl methyl sites for hydroxylation is 1. The van der Waals surface area contributed by atoms with Crippen molar-refractivity contribution in [3.8, 4) is 0 Å². The van der Waals surface area contributed by atoms with Gasteiger partial charge in [-0.25, -0.2) is 0 Å². The number of nitro benzene ring substituents is 1. The number of nitrogens with zero attached hydrogens (tertiary/aromatic N) is 1. The van der Waals surface area contributed by atoms with Gasteiger partial charge in [0.1, 0.15) is 0 Å². The Labute approximate surface area is 119 Å². The third-order valence-electron chi connectivity index (χ3n) is 3.41. The molecule has 4 nitrogen and oxygen atoms in total. The third-order valence-corrected chi connectivity index (χ3v) is 3.41. The Morgan fingerprint density at radius 3 is 2.60 bits per heavy atom. The molecule has 0 amide bonds. The molecular formula is C15H23FN2O2. The Hall–Kier alpha value is -1.49. The average molecular weight is 282 g/mol. The highest BCUT2D eigenvalue weighted by atomic mass is 19.1. The molecule has 1 atom stereocenters. The lowest BCUT2D eigenvalue weighted by atomic mass is 9.96. The average Bonchev–Trinajstić information content (AvgIpc) is 2.38. The number of halogens is 1. The summed E-state index contributed by atoms with van der Waals surface area (Å²) in [4.78, 5) is 9.87. The molecule has 1 N–H and O–H groups in total. The van der Waals surface area contributed by atoms with Gasteiger partial charge in [0, 0.05) is 12.1 Å². The van der Waals surface area contributed by atoms with E-state index in [1.54, 1.807) is 6.07 Å². The molecule has 5 heteroatoms. The predicted octanol–water partition coefficient (Wildman–Crippen LogP) is 3.69. The SMILES string of the molecule is CCCNC(CCc1ccc([N+](=O)[O-])c(F)c1)C(C)C. The minimum atomic E-state index is -0.755. The van der Waals surface area contributed by atoms with Gasteiger partial charge >= 0.3 is 5.69 Å². The predicted molar refractivity (Wildman–Crippen MR) is 78.3 cm³/mol. The van der Waals surface area contributed by atoms with E-state index in [2.05, 4.69) is 26.1 Å². The number of benzene rings is 1. The second-order valence-corrected chi connectivity index (χ2v) is 5.39. The maximum atomic E-state index is 13.5. The van der Waals surface area contributed by atoms with E-state index in [-0.39, 0.29) is 0 Å². The first-order valence-corrected chi connectivity index (χ1v) is 7.11. The van der Waals surface area contributed by atoms with Crippen molar-refractivity contribution in [1.29, 1.82) is 0 Å². The van der Waals surface area contributed by atoms with Crippen molar-refractivity contribution in [3.05, 3.63) is 39.7 Å². The van der Waals surface area contributed by atoms with Gasteiger partial charge in [0.15, 0.2) is 0 Å². The van der Waals surface area contributed by atoms with Crippen LogP contribution in [0.2, 0.25) is 0 Å². The fourth-order valence-corrected chi connectivity index (χ4v) is 2.18. The van der Waals surface area contributed by atoms with E-state index in [0.717, 1.165) is 24.9 Å². The Balaban J connectivity index is 2.64. The number of nitro groups is 1. The van der Waals surface area contributed by atoms with Crippen LogP contribution in [0, 0.1) is 21.8 Å². The lowest BCUT2D eigenvalue weighted by Crippen LogP contribution is -2.34. The summed E-state index contributed by atoms with van der Waals surface area (Å²) in [5, 5.41) is 14.0. The monoisotopic (exact) mass is 282 g/mol. The molecule has 1 aromatic carbocycles. The Kier molecular flexibility index (Phi) is 6.58. The summed E-state index contributed by atoms with van der Waals surface area (Å²) in [7, 11) is 0. The van der Waals surface area contributed by atoms with Crippen molar-refractivity contribution in [2.24, 2.45) is 5.92 Å². The molecule has 0 saturated carbocycles. The van der Waals surface area contributed by atoms with Gasteiger partial charge in [-0.05, 0) is 43.4 Å². The summed E-state index contributed by atoms with van der Waals surface area (Å²) in [6.45, 7) is 7.40. The van der Waals surface area contributed by atoms with Crippen LogP contribution in [0.5, 0.6) is 0 Å². The van der Waals surface area contributed by atoms with Gasteiger partial charge in [-0.1, -0.05) is 26.8 Å². The molecule has 20 heavy (non-hydrogen) atoms. The van der Waals surface area contributed by atoms with Crippen LogP contribution in [0.3, 0.4) is 0 Å². The summed E-state index contributed by atoms with van der Waals surface area (Å²) < 4.78 is 13.5. The van der Waals surface area contributed by atoms with Gasteiger partial charge in [0.25, 0.3) is 0 Å². The third kappa shape index (κ3) is 4.89. The summed E-state index contributed by atoms with van der Waals surface area (Å²) in [5.41, 5.74) is 0.343. The van der Waals surface area contributed by atoms with E-state index in [1.165, 1.54) is 12.1 Å². The lowest BCUT2D eigenvalue weighted by Gasteiger charge is -2.22. The molecule has 0 saturated heterocycles. The molecule has 0 heterocycles. The van der Waals surface area contributed by atoms with E-state index in [1.807, 2.05) is 0 Å². The van der Waals surface area contributed by atoms with Crippen LogP contribution in [-0.2, 0) is 6.42 Å². The quantitative estimate of drug-likeness (QED) is 0.584. The van der Waals surface area contributed by atoms with Crippen molar-refractivity contribution in [3.63, 3.8) is 0 Å². The van der Waals surface area contributed by atoms with Gasteiger partial charge in [0.2, 0.25) is 5.82 Å². The maximum absolute atomic E-state index is 13.5. The van der Waals surface area contributed by atoms with Crippen molar-refractivity contribution in [2.75, 3.05) is 6.54 Å². The molecule has 0 aromatic heterocycles. The van der Waals surface area contributed by atoms with Crippen molar-refractivity contribution in [1.82, 2.24) is 5.32 Å². The molecule has 0 radical (unpaired) electrons. The van der Waals surface area contributed by atoms with Crippen LogP contribution in [-0.4, -0.2) is 17.5 Å². The van der Waals surface area contributed by atoms with E-state index in [4.69, 9.17) is 0 Å². The normalized spacial score (nSPS) is 12.7. The number of rotatable bonds is 8. The zero-order chi connectivity index (χ0) is 15.1. The molecule has 0 spiro atoms. The van der Waals surface area contributed by atoms with Crippen LogP contribution in [0.4, 0.5) is 10.1 Å². The Morgan fingerprint density at radius 2 is 2.10 bits per heavy atom. The second-order valence-electron chi connectivity index (χ2n) is 5.39. The second kappa shape index (κ2) is 7.94. The van der Waals surface area contributed by atoms with E-state index in [0.29, 0.717) is 18.4 Å². The van der Waals surface area contributed by atoms with E-state index < -0.39 is 16.4 Å². The van der Waals surface area contributed by atoms with E-state index in [9.17, 15) is 14.5 Å². The van der Waals surface area contributed by atoms with Crippen LogP contribution in [0.1, 0.15) is 39.2 Å². The number of hydrogen-bond acceptors (Lipinski definition) is 3. The highest BCUT2D eigenvalue weighted by Gasteiger charge is 2.16. The van der Waals surface area contributed by atoms with Crippen LogP contribution >= 0.6 is 0 Å². The highest BCUT2D eigenvalue weighted by molar-refractivity contribution is 5.35. The molecule has 0 aliphatic rings. The fourth-order valence-electron chi connectivity index (χ4n) is 2.18. The molecule has 0 aliphatic heterocycles. The zero-order valence-electron chi connectivity index (χ0n) is 12.4. The first-order valence-electron chi connectivity index (χ1n) is 7.11. The minimum Gasteiger partial charge on any atom is -0.314 e. The van der Waals surface area contributed by atoms with Crippen LogP contribution < -0.4 is 5.32 Å². The molecule has 1 rings (SSSR count). The highest BCUT2D eigenvalue weighted by Crippen LogP contribution is 2.20. The molecule has 1 aromatic rings. The zero-order valence-corrected chi connectivity index (χ0v) is 12.4. The fraction of sp³-hybridized carbons (Fsp3) is 0.600. The summed E-state index contributed by atoms with van der Waals surface area (Å²) in [6.07, 6.45) is 2.69. The topological polar surface area (TPSA) is 55.2 Å². The lowest BCUT2D eigenvalue weighted by molar-refractivity contribution is -0.387. The smallest absolute Gasteiger partial charge is 0.304 e. The first kappa shape index (κ1) is 16.6. The molecule has 0 bridgehead atoms. The van der Waals surface area contributed by atoms with Gasteiger partial charge < -0.3 is 5.32 Å². The van der Waals surface area contributed by atoms with Gasteiger partial charge in [-0.15, -0.1) is 0 Å². The maximum Gasteiger partial charge on any atom is 0.304 e. The summed E-state index contributed by atoms with van der Waals surface area (Å²) >= 11 is 0. The standard InChI is InChI=1S/C15H23FN2O2/c1-4-9-17-14(11(2)3)7-5-12-6-8-15(18(19)20)13(16)10-12/h6,8,10-11,14,17H,4-5,7,9H2,1-3H3. The number of nitrogens with one attached hydrogen (secondary N) is 1. The van der Waals surface area contributed by atoms with Gasteiger partial charge in [-0.3, -0.25) is 10.1 Å². The molecule has 0 fully saturated rings. The van der Waals surface area contributed by atoms with Crippen molar-refractivity contribution < 1.29 is 9.31 Å². The molecule has 0 aliphatic carbocycles. The Morgan fingerprint density at radius 1 is 1.40 bits per heavy atom. The molecule has 1 unspecified atom stereocenters. The van der Waals surface area contributed by atoms with Crippen LogP contribution in [0.25, 0.3) is 0 Å². The largest absolute Gasteiger partial charge is 0.314 e. The molecular weight excluding hydrogens is 259 g/mol. The summed E-state index contributed by atoms with van der Waals surface area (Å²) in [6, 6.07) is 4.54. The first-order chi connectivity index (χ1) is 9.45. The number of hydrogen-bond donors (Lipinski definition) is 1. The van der Waals surface area contributed by atoms with E-state index >= 15 is 0 Å². The Bertz CT molecular complexity index is 449.